The van der Waals surface area contributed by atoms with Gasteiger partial charge in [0.1, 0.15) is 11.9 Å². The number of phenols is 1. The lowest BCUT2D eigenvalue weighted by Crippen LogP contribution is -2.68. The van der Waals surface area contributed by atoms with E-state index in [1.54, 1.807) is 4.90 Å². The maximum atomic E-state index is 13.3. The van der Waals surface area contributed by atoms with E-state index >= 15 is 0 Å². The number of carbonyl (C=O) groups is 2. The van der Waals surface area contributed by atoms with Crippen molar-refractivity contribution in [3.8, 4) is 29.1 Å². The molecule has 0 radical (unpaired) electrons. The van der Waals surface area contributed by atoms with Gasteiger partial charge in [0.05, 0.1) is 6.04 Å². The molecule has 2 aromatic carbocycles. The minimum absolute atomic E-state index is 0.146. The second kappa shape index (κ2) is 8.53. The van der Waals surface area contributed by atoms with E-state index in [0.29, 0.717) is 11.7 Å². The Morgan fingerprint density at radius 3 is 2.84 bits per heavy atom. The van der Waals surface area contributed by atoms with Gasteiger partial charge in [-0.15, -0.1) is 0 Å². The summed E-state index contributed by atoms with van der Waals surface area (Å²) < 4.78 is 12.2. The first kappa shape index (κ1) is 23.9. The minimum Gasteiger partial charge on any atom is -0.508 e. The number of piperidine rings is 1. The number of aromatic hydroxyl groups is 1. The van der Waals surface area contributed by atoms with Crippen LogP contribution < -0.4 is 9.47 Å². The molecule has 7 nitrogen and oxygen atoms in total. The maximum absolute atomic E-state index is 13.3. The fraction of sp³-hybridized carbons (Fsp3) is 0.467. The van der Waals surface area contributed by atoms with Crippen molar-refractivity contribution in [3.63, 3.8) is 0 Å². The monoisotopic (exact) mass is 500 g/mol. The van der Waals surface area contributed by atoms with Crippen LogP contribution in [0.5, 0.6) is 17.2 Å². The molecule has 1 saturated heterocycles. The van der Waals surface area contributed by atoms with E-state index in [1.165, 1.54) is 13.0 Å². The largest absolute Gasteiger partial charge is 0.508 e. The number of ether oxygens (including phenoxy) is 2. The number of likely N-dealkylation sites (tertiary alicyclic amines) is 1. The standard InChI is InChI=1S/C30H32N2O5/c1-17-6-5-7-19(14-17)8-11-26(35)32(4)22-10-9-21-23-15-20-24(34)16-25(36-18(2)33)28-27(20)30(21,29(22)37-28)12-13-31(23)3/h5-7,14,16,21-23,29,34H,9-10,12-13,15H2,1-4H3/t21-,22-,23+,29-,30-/m0/s1. The van der Waals surface area contributed by atoms with Crippen LogP contribution in [0.25, 0.3) is 0 Å². The molecule has 1 N–H and O–H groups in total. The third kappa shape index (κ3) is 3.53. The van der Waals surface area contributed by atoms with Gasteiger partial charge in [-0.2, -0.15) is 0 Å². The zero-order valence-corrected chi connectivity index (χ0v) is 21.7. The van der Waals surface area contributed by atoms with E-state index in [0.717, 1.165) is 54.5 Å². The fourth-order valence-corrected chi connectivity index (χ4v) is 7.48. The van der Waals surface area contributed by atoms with E-state index in [-0.39, 0.29) is 41.0 Å². The van der Waals surface area contributed by atoms with Crippen molar-refractivity contribution < 1.29 is 24.2 Å². The summed E-state index contributed by atoms with van der Waals surface area (Å²) in [6.07, 6.45) is 3.02. The van der Waals surface area contributed by atoms with Crippen molar-refractivity contribution >= 4 is 11.9 Å². The first-order valence-electron chi connectivity index (χ1n) is 13.0. The SMILES string of the molecule is CC(=O)Oc1cc(O)c2c3c1O[C@H]1[C@@H](N(C)C(=O)C#Cc4cccc(C)c4)CC[C@H]4[C@@H](C2)N(C)CC[C@@]341. The number of benzene rings is 2. The summed E-state index contributed by atoms with van der Waals surface area (Å²) in [7, 11) is 3.96. The number of hydrogen-bond acceptors (Lipinski definition) is 6. The molecule has 6 rings (SSSR count). The zero-order valence-electron chi connectivity index (χ0n) is 21.7. The van der Waals surface area contributed by atoms with Crippen LogP contribution >= 0.6 is 0 Å². The summed E-state index contributed by atoms with van der Waals surface area (Å²) in [5, 5.41) is 11.0. The Hall–Kier alpha value is -3.50. The van der Waals surface area contributed by atoms with Crippen LogP contribution in [0.2, 0.25) is 0 Å². The van der Waals surface area contributed by atoms with Crippen LogP contribution in [-0.2, 0) is 21.4 Å². The van der Waals surface area contributed by atoms with Gasteiger partial charge in [-0.3, -0.25) is 9.59 Å². The summed E-state index contributed by atoms with van der Waals surface area (Å²) in [5.74, 6) is 6.43. The number of amides is 1. The Kier molecular flexibility index (Phi) is 5.50. The van der Waals surface area contributed by atoms with Crippen molar-refractivity contribution in [1.82, 2.24) is 9.80 Å². The Bertz CT molecular complexity index is 1370. The number of likely N-dealkylation sites (N-methyl/N-ethyl adjacent to an activating group) is 2. The van der Waals surface area contributed by atoms with Crippen LogP contribution in [0, 0.1) is 24.7 Å². The lowest BCUT2D eigenvalue weighted by molar-refractivity contribution is -0.133. The molecule has 1 spiro atoms. The van der Waals surface area contributed by atoms with Gasteiger partial charge in [0, 0.05) is 54.1 Å². The molecule has 7 heteroatoms. The van der Waals surface area contributed by atoms with Gasteiger partial charge in [-0.1, -0.05) is 18.1 Å². The molecular formula is C30H32N2O5. The number of rotatable bonds is 2. The predicted octanol–water partition coefficient (Wildman–Crippen LogP) is 3.17. The van der Waals surface area contributed by atoms with Gasteiger partial charge in [-0.05, 0) is 69.8 Å². The molecule has 192 valence electrons. The first-order valence-corrected chi connectivity index (χ1v) is 13.0. The van der Waals surface area contributed by atoms with E-state index in [1.807, 2.05) is 38.2 Å². The van der Waals surface area contributed by atoms with E-state index < -0.39 is 5.97 Å². The summed E-state index contributed by atoms with van der Waals surface area (Å²) in [4.78, 5) is 29.3. The average Bonchev–Trinajstić information content (AvgIpc) is 3.20. The van der Waals surface area contributed by atoms with E-state index in [9.17, 15) is 14.7 Å². The number of aryl methyl sites for hydroxylation is 1. The molecular weight excluding hydrogens is 468 g/mol. The van der Waals surface area contributed by atoms with Crippen LogP contribution in [-0.4, -0.2) is 65.6 Å². The van der Waals surface area contributed by atoms with Crippen molar-refractivity contribution in [2.24, 2.45) is 5.92 Å². The highest BCUT2D eigenvalue weighted by atomic mass is 16.6. The Morgan fingerprint density at radius 2 is 2.08 bits per heavy atom. The van der Waals surface area contributed by atoms with E-state index in [4.69, 9.17) is 9.47 Å². The van der Waals surface area contributed by atoms with Crippen LogP contribution in [0.15, 0.2) is 30.3 Å². The third-order valence-corrected chi connectivity index (χ3v) is 9.06. The Morgan fingerprint density at radius 1 is 1.27 bits per heavy atom. The van der Waals surface area contributed by atoms with Gasteiger partial charge in [-0.25, -0.2) is 0 Å². The number of carbonyl (C=O) groups excluding carboxylic acids is 2. The van der Waals surface area contributed by atoms with Gasteiger partial charge in [0.25, 0.3) is 5.91 Å². The molecule has 2 bridgehead atoms. The van der Waals surface area contributed by atoms with Gasteiger partial charge in [0.2, 0.25) is 0 Å². The highest BCUT2D eigenvalue weighted by molar-refractivity contribution is 5.94. The van der Waals surface area contributed by atoms with Crippen LogP contribution in [0.3, 0.4) is 0 Å². The second-order valence-electron chi connectivity index (χ2n) is 11.0. The first-order chi connectivity index (χ1) is 17.7. The van der Waals surface area contributed by atoms with Crippen LogP contribution in [0.4, 0.5) is 0 Å². The summed E-state index contributed by atoms with van der Waals surface area (Å²) in [5.41, 5.74) is 3.42. The van der Waals surface area contributed by atoms with Crippen LogP contribution in [0.1, 0.15) is 48.4 Å². The smallest absolute Gasteiger partial charge is 0.308 e. The van der Waals surface area contributed by atoms with Gasteiger partial charge in [0.15, 0.2) is 11.5 Å². The molecule has 1 amide bonds. The summed E-state index contributed by atoms with van der Waals surface area (Å²) in [6, 6.07) is 9.41. The Labute approximate surface area is 217 Å². The maximum Gasteiger partial charge on any atom is 0.308 e. The predicted molar refractivity (Wildman–Crippen MR) is 138 cm³/mol. The van der Waals surface area contributed by atoms with Gasteiger partial charge < -0.3 is 24.4 Å². The van der Waals surface area contributed by atoms with Gasteiger partial charge >= 0.3 is 5.97 Å². The van der Waals surface area contributed by atoms with Crippen molar-refractivity contribution in [2.75, 3.05) is 20.6 Å². The fourth-order valence-electron chi connectivity index (χ4n) is 7.48. The third-order valence-electron chi connectivity index (χ3n) is 9.06. The van der Waals surface area contributed by atoms with Crippen molar-refractivity contribution in [1.29, 1.82) is 0 Å². The average molecular weight is 501 g/mol. The second-order valence-corrected chi connectivity index (χ2v) is 11.0. The highest BCUT2D eigenvalue weighted by Crippen LogP contribution is 2.65. The zero-order chi connectivity index (χ0) is 26.1. The molecule has 2 aliphatic carbocycles. The molecule has 1 saturated carbocycles. The van der Waals surface area contributed by atoms with Crippen molar-refractivity contribution in [3.05, 3.63) is 52.6 Å². The summed E-state index contributed by atoms with van der Waals surface area (Å²) in [6.45, 7) is 4.25. The summed E-state index contributed by atoms with van der Waals surface area (Å²) >= 11 is 0. The normalized spacial score (nSPS) is 28.9. The molecule has 2 heterocycles. The minimum atomic E-state index is -0.463. The quantitative estimate of drug-likeness (QED) is 0.388. The number of esters is 1. The molecule has 4 aliphatic rings. The molecule has 2 fully saturated rings. The lowest BCUT2D eigenvalue weighted by atomic mass is 9.51. The molecule has 0 unspecified atom stereocenters. The molecule has 37 heavy (non-hydrogen) atoms. The topological polar surface area (TPSA) is 79.3 Å². The molecule has 2 aromatic rings. The van der Waals surface area contributed by atoms with Crippen molar-refractivity contribution in [2.45, 2.75) is 63.1 Å². The molecule has 0 aromatic heterocycles. The number of hydrogen-bond donors (Lipinski definition) is 1. The molecule has 2 aliphatic heterocycles. The Balaban J connectivity index is 1.41. The lowest BCUT2D eigenvalue weighted by Gasteiger charge is -2.59. The number of nitrogens with zero attached hydrogens (tertiary/aromatic N) is 2. The molecule has 5 atom stereocenters. The van der Waals surface area contributed by atoms with E-state index in [2.05, 4.69) is 23.8 Å². The number of phenolic OH excluding ortho intramolecular Hbond substituents is 1. The highest BCUT2D eigenvalue weighted by Gasteiger charge is 2.66.